The first-order valence-corrected chi connectivity index (χ1v) is 7.64. The fourth-order valence-electron chi connectivity index (χ4n) is 2.12. The Bertz CT molecular complexity index is 353. The first kappa shape index (κ1) is 12.8. The molecule has 90 valence electrons. The standard InChI is InChI=1S/C12H18INOS/c1-8(15-2)7-14-10-4-3-5-11-9(10)6-12(13)16-11/h6,8,10,14H,3-5,7H2,1-2H3. The van der Waals surface area contributed by atoms with E-state index in [1.165, 1.54) is 27.7 Å². The van der Waals surface area contributed by atoms with E-state index in [1.54, 1.807) is 12.0 Å². The average Bonchev–Trinajstić information content (AvgIpc) is 2.66. The van der Waals surface area contributed by atoms with E-state index in [4.69, 9.17) is 4.74 Å². The van der Waals surface area contributed by atoms with E-state index in [-0.39, 0.29) is 0 Å². The minimum atomic E-state index is 0.295. The van der Waals surface area contributed by atoms with Crippen molar-refractivity contribution >= 4 is 33.9 Å². The average molecular weight is 351 g/mol. The Hall–Kier alpha value is 0.350. The zero-order chi connectivity index (χ0) is 11.5. The summed E-state index contributed by atoms with van der Waals surface area (Å²) in [5.74, 6) is 0. The number of methoxy groups -OCH3 is 1. The van der Waals surface area contributed by atoms with Gasteiger partial charge in [0.1, 0.15) is 0 Å². The van der Waals surface area contributed by atoms with Gasteiger partial charge in [-0.15, -0.1) is 11.3 Å². The van der Waals surface area contributed by atoms with E-state index in [2.05, 4.69) is 40.9 Å². The number of aryl methyl sites for hydroxylation is 1. The van der Waals surface area contributed by atoms with E-state index in [0.29, 0.717) is 12.1 Å². The number of halogens is 1. The van der Waals surface area contributed by atoms with Crippen LogP contribution in [-0.2, 0) is 11.2 Å². The maximum Gasteiger partial charge on any atom is 0.0667 e. The molecule has 0 saturated carbocycles. The summed E-state index contributed by atoms with van der Waals surface area (Å²) in [7, 11) is 1.77. The minimum Gasteiger partial charge on any atom is -0.380 e. The lowest BCUT2D eigenvalue weighted by molar-refractivity contribution is 0.113. The summed E-state index contributed by atoms with van der Waals surface area (Å²) in [5, 5.41) is 3.62. The Labute approximate surface area is 115 Å². The molecule has 0 aliphatic heterocycles. The molecule has 0 amide bonds. The van der Waals surface area contributed by atoms with Crippen LogP contribution in [0.15, 0.2) is 6.07 Å². The third-order valence-electron chi connectivity index (χ3n) is 3.14. The maximum atomic E-state index is 5.27. The molecule has 0 radical (unpaired) electrons. The molecule has 0 saturated heterocycles. The van der Waals surface area contributed by atoms with Gasteiger partial charge in [-0.1, -0.05) is 0 Å². The summed E-state index contributed by atoms with van der Waals surface area (Å²) < 4.78 is 6.69. The van der Waals surface area contributed by atoms with Gasteiger partial charge in [-0.05, 0) is 60.4 Å². The number of hydrogen-bond donors (Lipinski definition) is 1. The Morgan fingerprint density at radius 1 is 1.69 bits per heavy atom. The van der Waals surface area contributed by atoms with Gasteiger partial charge in [0.2, 0.25) is 0 Å². The van der Waals surface area contributed by atoms with Crippen LogP contribution >= 0.6 is 33.9 Å². The number of thiophene rings is 1. The molecule has 1 aliphatic carbocycles. The molecule has 2 unspecified atom stereocenters. The van der Waals surface area contributed by atoms with Crippen LogP contribution in [0.2, 0.25) is 0 Å². The molecule has 0 bridgehead atoms. The van der Waals surface area contributed by atoms with E-state index in [9.17, 15) is 0 Å². The van der Waals surface area contributed by atoms with E-state index >= 15 is 0 Å². The number of fused-ring (bicyclic) bond motifs is 1. The molecule has 2 atom stereocenters. The monoisotopic (exact) mass is 351 g/mol. The molecular formula is C12H18INOS. The summed E-state index contributed by atoms with van der Waals surface area (Å²) in [5.41, 5.74) is 1.53. The summed E-state index contributed by atoms with van der Waals surface area (Å²) in [6.45, 7) is 3.04. The molecule has 0 aromatic carbocycles. The van der Waals surface area contributed by atoms with Gasteiger partial charge in [0, 0.05) is 24.6 Å². The summed E-state index contributed by atoms with van der Waals surface area (Å²) in [4.78, 5) is 1.58. The van der Waals surface area contributed by atoms with Crippen LogP contribution in [0.1, 0.15) is 36.2 Å². The Morgan fingerprint density at radius 2 is 2.50 bits per heavy atom. The zero-order valence-corrected chi connectivity index (χ0v) is 12.7. The van der Waals surface area contributed by atoms with Gasteiger partial charge in [0.25, 0.3) is 0 Å². The second-order valence-corrected chi connectivity index (χ2v) is 7.36. The predicted octanol–water partition coefficient (Wildman–Crippen LogP) is 3.35. The Balaban J connectivity index is 2.01. The molecule has 16 heavy (non-hydrogen) atoms. The number of ether oxygens (including phenoxy) is 1. The number of rotatable bonds is 4. The largest absolute Gasteiger partial charge is 0.380 e. The van der Waals surface area contributed by atoms with Crippen LogP contribution in [-0.4, -0.2) is 19.8 Å². The minimum absolute atomic E-state index is 0.295. The van der Waals surface area contributed by atoms with Crippen molar-refractivity contribution in [2.75, 3.05) is 13.7 Å². The third-order valence-corrected chi connectivity index (χ3v) is 5.11. The topological polar surface area (TPSA) is 21.3 Å². The van der Waals surface area contributed by atoms with Crippen molar-refractivity contribution in [1.29, 1.82) is 0 Å². The lowest BCUT2D eigenvalue weighted by atomic mass is 9.94. The second-order valence-electron chi connectivity index (χ2n) is 4.33. The van der Waals surface area contributed by atoms with Gasteiger partial charge < -0.3 is 10.1 Å². The fraction of sp³-hybridized carbons (Fsp3) is 0.667. The zero-order valence-electron chi connectivity index (χ0n) is 9.75. The number of hydrogen-bond acceptors (Lipinski definition) is 3. The van der Waals surface area contributed by atoms with Crippen molar-refractivity contribution in [1.82, 2.24) is 5.32 Å². The highest BCUT2D eigenvalue weighted by Crippen LogP contribution is 2.36. The van der Waals surface area contributed by atoms with E-state index in [0.717, 1.165) is 6.54 Å². The second kappa shape index (κ2) is 5.80. The molecule has 1 N–H and O–H groups in total. The third kappa shape index (κ3) is 2.97. The van der Waals surface area contributed by atoms with Crippen molar-refractivity contribution in [2.45, 2.75) is 38.3 Å². The SMILES string of the molecule is COC(C)CNC1CCCc2sc(I)cc21. The first-order chi connectivity index (χ1) is 7.70. The van der Waals surface area contributed by atoms with Gasteiger partial charge in [0.05, 0.1) is 8.99 Å². The van der Waals surface area contributed by atoms with Crippen LogP contribution < -0.4 is 5.32 Å². The van der Waals surface area contributed by atoms with E-state index < -0.39 is 0 Å². The predicted molar refractivity (Wildman–Crippen MR) is 77.2 cm³/mol. The highest BCUT2D eigenvalue weighted by Gasteiger charge is 2.22. The Kier molecular flexibility index (Phi) is 4.64. The van der Waals surface area contributed by atoms with Crippen LogP contribution in [0.4, 0.5) is 0 Å². The lowest BCUT2D eigenvalue weighted by Gasteiger charge is -2.25. The van der Waals surface area contributed by atoms with Gasteiger partial charge >= 0.3 is 0 Å². The highest BCUT2D eigenvalue weighted by molar-refractivity contribution is 14.1. The van der Waals surface area contributed by atoms with Gasteiger partial charge in [-0.25, -0.2) is 0 Å². The molecule has 1 aromatic heterocycles. The van der Waals surface area contributed by atoms with Crippen LogP contribution in [0.5, 0.6) is 0 Å². The van der Waals surface area contributed by atoms with Crippen molar-refractivity contribution in [2.24, 2.45) is 0 Å². The van der Waals surface area contributed by atoms with Crippen LogP contribution in [0.25, 0.3) is 0 Å². The molecule has 0 fully saturated rings. The molecule has 1 aromatic rings. The quantitative estimate of drug-likeness (QED) is 0.840. The molecule has 0 spiro atoms. The van der Waals surface area contributed by atoms with E-state index in [1.807, 2.05) is 11.3 Å². The molecule has 1 heterocycles. The van der Waals surface area contributed by atoms with Crippen LogP contribution in [0, 0.1) is 2.88 Å². The summed E-state index contributed by atoms with van der Waals surface area (Å²) in [6, 6.07) is 2.88. The van der Waals surface area contributed by atoms with Gasteiger partial charge in [-0.3, -0.25) is 0 Å². The molecule has 2 nitrogen and oxygen atoms in total. The molecule has 1 aliphatic rings. The molecular weight excluding hydrogens is 333 g/mol. The van der Waals surface area contributed by atoms with Crippen molar-refractivity contribution in [3.63, 3.8) is 0 Å². The van der Waals surface area contributed by atoms with Gasteiger partial charge in [-0.2, -0.15) is 0 Å². The van der Waals surface area contributed by atoms with Crippen molar-refractivity contribution in [3.8, 4) is 0 Å². The van der Waals surface area contributed by atoms with Crippen molar-refractivity contribution < 1.29 is 4.74 Å². The van der Waals surface area contributed by atoms with Crippen molar-refractivity contribution in [3.05, 3.63) is 19.4 Å². The highest BCUT2D eigenvalue weighted by atomic mass is 127. The van der Waals surface area contributed by atoms with Crippen LogP contribution in [0.3, 0.4) is 0 Å². The summed E-state index contributed by atoms with van der Waals surface area (Å²) >= 11 is 4.38. The molecule has 2 rings (SSSR count). The first-order valence-electron chi connectivity index (χ1n) is 5.75. The summed E-state index contributed by atoms with van der Waals surface area (Å²) in [6.07, 6.45) is 4.13. The smallest absolute Gasteiger partial charge is 0.0667 e. The van der Waals surface area contributed by atoms with Gasteiger partial charge in [0.15, 0.2) is 0 Å². The fourth-order valence-corrected chi connectivity index (χ4v) is 4.24. The normalized spacial score (nSPS) is 21.8. The lowest BCUT2D eigenvalue weighted by Crippen LogP contribution is -2.31. The number of nitrogens with one attached hydrogen (secondary N) is 1. The Morgan fingerprint density at radius 3 is 3.25 bits per heavy atom. The maximum absolute atomic E-state index is 5.27. The molecule has 4 heteroatoms.